The smallest absolute Gasteiger partial charge is 0.241 e. The van der Waals surface area contributed by atoms with E-state index in [1.165, 1.54) is 12.1 Å². The van der Waals surface area contributed by atoms with Crippen molar-refractivity contribution in [2.45, 2.75) is 30.3 Å². The average molecular weight is 445 g/mol. The van der Waals surface area contributed by atoms with E-state index in [9.17, 15) is 22.0 Å². The van der Waals surface area contributed by atoms with Gasteiger partial charge in [0.2, 0.25) is 15.9 Å². The Hall–Kier alpha value is -3.10. The summed E-state index contributed by atoms with van der Waals surface area (Å²) in [5.41, 5.74) is 1.44. The molecule has 5 nitrogen and oxygen atoms in total. The molecular formula is C23H22F2N2O3S. The van der Waals surface area contributed by atoms with Crippen molar-refractivity contribution >= 4 is 15.9 Å². The summed E-state index contributed by atoms with van der Waals surface area (Å²) < 4.78 is 54.3. The van der Waals surface area contributed by atoms with E-state index in [4.69, 9.17) is 0 Å². The van der Waals surface area contributed by atoms with Crippen molar-refractivity contribution in [3.63, 3.8) is 0 Å². The van der Waals surface area contributed by atoms with Crippen molar-refractivity contribution in [1.82, 2.24) is 10.0 Å². The molecule has 0 spiro atoms. The normalized spacial score (nSPS) is 13.4. The zero-order valence-electron chi connectivity index (χ0n) is 16.8. The van der Waals surface area contributed by atoms with Crippen LogP contribution in [0.4, 0.5) is 8.78 Å². The van der Waals surface area contributed by atoms with Crippen molar-refractivity contribution in [2.75, 3.05) is 0 Å². The summed E-state index contributed by atoms with van der Waals surface area (Å²) in [5.74, 6) is -1.49. The number of sulfonamides is 1. The summed E-state index contributed by atoms with van der Waals surface area (Å²) in [6, 6.07) is 17.4. The lowest BCUT2D eigenvalue weighted by atomic mass is 10.0. The molecule has 2 N–H and O–H groups in total. The average Bonchev–Trinajstić information content (AvgIpc) is 2.74. The Kier molecular flexibility index (Phi) is 7.14. The quantitative estimate of drug-likeness (QED) is 0.556. The van der Waals surface area contributed by atoms with Gasteiger partial charge in [0.1, 0.15) is 17.7 Å². The summed E-state index contributed by atoms with van der Waals surface area (Å²) in [4.78, 5) is 12.8. The predicted molar refractivity (Wildman–Crippen MR) is 114 cm³/mol. The summed E-state index contributed by atoms with van der Waals surface area (Å²) in [7, 11) is -4.07. The van der Waals surface area contributed by atoms with Gasteiger partial charge < -0.3 is 5.32 Å². The number of halogens is 2. The van der Waals surface area contributed by atoms with Gasteiger partial charge in [-0.2, -0.15) is 4.72 Å². The Bertz CT molecular complexity index is 1120. The molecule has 0 saturated heterocycles. The van der Waals surface area contributed by atoms with Crippen molar-refractivity contribution < 1.29 is 22.0 Å². The highest BCUT2D eigenvalue weighted by Gasteiger charge is 2.27. The number of hydrogen-bond donors (Lipinski definition) is 2. The Morgan fingerprint density at radius 1 is 0.871 bits per heavy atom. The molecule has 0 heterocycles. The first-order valence-electron chi connectivity index (χ1n) is 9.62. The summed E-state index contributed by atoms with van der Waals surface area (Å²) in [6.07, 6.45) is 0.114. The van der Waals surface area contributed by atoms with Crippen LogP contribution in [0.15, 0.2) is 83.8 Å². The number of nitrogens with one attached hydrogen (secondary N) is 2. The second kappa shape index (κ2) is 9.80. The monoisotopic (exact) mass is 444 g/mol. The predicted octanol–water partition coefficient (Wildman–Crippen LogP) is 3.73. The van der Waals surface area contributed by atoms with E-state index < -0.39 is 39.6 Å². The fraction of sp³-hybridized carbons (Fsp3) is 0.174. The number of amides is 1. The molecule has 8 heteroatoms. The highest BCUT2D eigenvalue weighted by molar-refractivity contribution is 7.89. The molecule has 162 valence electrons. The van der Waals surface area contributed by atoms with Crippen LogP contribution in [0, 0.1) is 11.6 Å². The van der Waals surface area contributed by atoms with E-state index >= 15 is 0 Å². The zero-order chi connectivity index (χ0) is 22.4. The highest BCUT2D eigenvalue weighted by Crippen LogP contribution is 2.15. The molecule has 1 amide bonds. The van der Waals surface area contributed by atoms with Crippen LogP contribution >= 0.6 is 0 Å². The van der Waals surface area contributed by atoms with E-state index in [0.29, 0.717) is 5.56 Å². The third-order valence-corrected chi connectivity index (χ3v) is 6.24. The lowest BCUT2D eigenvalue weighted by Gasteiger charge is -2.22. The topological polar surface area (TPSA) is 75.3 Å². The molecule has 0 saturated carbocycles. The van der Waals surface area contributed by atoms with Crippen molar-refractivity contribution in [2.24, 2.45) is 0 Å². The number of rotatable bonds is 8. The van der Waals surface area contributed by atoms with Crippen LogP contribution in [0.5, 0.6) is 0 Å². The maximum absolute atomic E-state index is 13.2. The van der Waals surface area contributed by atoms with Gasteiger partial charge in [0.15, 0.2) is 0 Å². The van der Waals surface area contributed by atoms with Gasteiger partial charge in [0, 0.05) is 0 Å². The van der Waals surface area contributed by atoms with Crippen LogP contribution in [0.3, 0.4) is 0 Å². The summed E-state index contributed by atoms with van der Waals surface area (Å²) in [6.45, 7) is 1.72. The number of carbonyl (C=O) groups is 1. The fourth-order valence-corrected chi connectivity index (χ4v) is 4.25. The molecule has 0 unspecified atom stereocenters. The molecule has 3 aromatic carbocycles. The van der Waals surface area contributed by atoms with E-state index in [0.717, 1.165) is 29.8 Å². The van der Waals surface area contributed by atoms with Crippen LogP contribution in [0.25, 0.3) is 0 Å². The molecule has 0 aromatic heterocycles. The minimum atomic E-state index is -4.07. The van der Waals surface area contributed by atoms with E-state index in [-0.39, 0.29) is 11.3 Å². The van der Waals surface area contributed by atoms with E-state index in [1.807, 2.05) is 6.07 Å². The molecule has 31 heavy (non-hydrogen) atoms. The van der Waals surface area contributed by atoms with Crippen molar-refractivity contribution in [3.05, 3.63) is 102 Å². The molecule has 3 rings (SSSR count). The molecular weight excluding hydrogens is 422 g/mol. The van der Waals surface area contributed by atoms with Gasteiger partial charge >= 0.3 is 0 Å². The first kappa shape index (κ1) is 22.6. The number of hydrogen-bond acceptors (Lipinski definition) is 3. The lowest BCUT2D eigenvalue weighted by molar-refractivity contribution is -0.123. The number of carbonyl (C=O) groups excluding carboxylic acids is 1. The largest absolute Gasteiger partial charge is 0.348 e. The summed E-state index contributed by atoms with van der Waals surface area (Å²) >= 11 is 0. The fourth-order valence-electron chi connectivity index (χ4n) is 3.06. The van der Waals surface area contributed by atoms with Gasteiger partial charge in [-0.15, -0.1) is 0 Å². The second-order valence-electron chi connectivity index (χ2n) is 7.10. The van der Waals surface area contributed by atoms with Crippen LogP contribution in [-0.2, 0) is 21.2 Å². The minimum absolute atomic E-state index is 0.114. The van der Waals surface area contributed by atoms with Crippen molar-refractivity contribution in [3.8, 4) is 0 Å². The molecule has 0 radical (unpaired) electrons. The van der Waals surface area contributed by atoms with Gasteiger partial charge in [-0.25, -0.2) is 17.2 Å². The van der Waals surface area contributed by atoms with Crippen LogP contribution in [0.2, 0.25) is 0 Å². The second-order valence-corrected chi connectivity index (χ2v) is 8.81. The SMILES string of the molecule is C[C@H](NC(=O)[C@@H](Cc1ccccc1)NS(=O)(=O)c1ccc(F)cc1)c1ccc(F)cc1. The Morgan fingerprint density at radius 2 is 1.42 bits per heavy atom. The maximum atomic E-state index is 13.2. The van der Waals surface area contributed by atoms with Crippen molar-refractivity contribution in [1.29, 1.82) is 0 Å². The van der Waals surface area contributed by atoms with E-state index in [1.54, 1.807) is 43.3 Å². The first-order valence-corrected chi connectivity index (χ1v) is 11.1. The summed E-state index contributed by atoms with van der Waals surface area (Å²) in [5, 5.41) is 2.77. The minimum Gasteiger partial charge on any atom is -0.348 e. The Balaban J connectivity index is 1.82. The van der Waals surface area contributed by atoms with Gasteiger partial charge in [-0.3, -0.25) is 4.79 Å². The third-order valence-electron chi connectivity index (χ3n) is 4.75. The lowest BCUT2D eigenvalue weighted by Crippen LogP contribution is -2.48. The third kappa shape index (κ3) is 6.19. The van der Waals surface area contributed by atoms with Gasteiger partial charge in [-0.05, 0) is 60.9 Å². The molecule has 0 fully saturated rings. The first-order chi connectivity index (χ1) is 14.7. The highest BCUT2D eigenvalue weighted by atomic mass is 32.2. The zero-order valence-corrected chi connectivity index (χ0v) is 17.6. The molecule has 0 aliphatic carbocycles. The Labute approximate surface area is 180 Å². The molecule has 2 atom stereocenters. The Morgan fingerprint density at radius 3 is 2.00 bits per heavy atom. The van der Waals surface area contributed by atoms with Gasteiger partial charge in [-0.1, -0.05) is 42.5 Å². The number of benzene rings is 3. The standard InChI is InChI=1S/C23H22F2N2O3S/c1-16(18-7-9-19(24)10-8-18)26-23(28)22(15-17-5-3-2-4-6-17)27-31(29,30)21-13-11-20(25)12-14-21/h2-14,16,22,27H,15H2,1H3,(H,26,28)/t16-,22+/m0/s1. The van der Waals surface area contributed by atoms with Crippen LogP contribution in [0.1, 0.15) is 24.1 Å². The van der Waals surface area contributed by atoms with Crippen LogP contribution in [-0.4, -0.2) is 20.4 Å². The maximum Gasteiger partial charge on any atom is 0.241 e. The van der Waals surface area contributed by atoms with Gasteiger partial charge in [0.25, 0.3) is 0 Å². The van der Waals surface area contributed by atoms with Gasteiger partial charge in [0.05, 0.1) is 10.9 Å². The molecule has 0 bridgehead atoms. The molecule has 0 aliphatic heterocycles. The molecule has 0 aliphatic rings. The van der Waals surface area contributed by atoms with E-state index in [2.05, 4.69) is 10.0 Å². The van der Waals surface area contributed by atoms with Crippen LogP contribution < -0.4 is 10.0 Å². The molecule has 3 aromatic rings.